The number of carbonyl (C=O) groups is 1. The molecule has 0 heterocycles. The summed E-state index contributed by atoms with van der Waals surface area (Å²) in [6.07, 6.45) is 0.473. The molecule has 0 saturated carbocycles. The number of hydrogen-bond acceptors (Lipinski definition) is 3. The number of rotatable bonds is 6. The number of aliphatic hydroxyl groups is 1. The van der Waals surface area contributed by atoms with E-state index in [1.54, 1.807) is 4.90 Å². The SMILES string of the molecule is CCN(CCCO)c1c(F)cccc1C(=O)O. The van der Waals surface area contributed by atoms with E-state index in [9.17, 15) is 9.18 Å². The molecule has 17 heavy (non-hydrogen) atoms. The van der Waals surface area contributed by atoms with Crippen molar-refractivity contribution in [3.05, 3.63) is 29.6 Å². The summed E-state index contributed by atoms with van der Waals surface area (Å²) in [5.74, 6) is -1.70. The van der Waals surface area contributed by atoms with Crippen molar-refractivity contribution < 1.29 is 19.4 Å². The van der Waals surface area contributed by atoms with E-state index in [-0.39, 0.29) is 17.9 Å². The molecule has 0 saturated heterocycles. The number of carboxylic acid groups (broad SMARTS) is 1. The van der Waals surface area contributed by atoms with E-state index in [0.29, 0.717) is 19.5 Å². The number of benzene rings is 1. The second-order valence-electron chi connectivity index (χ2n) is 3.60. The van der Waals surface area contributed by atoms with E-state index < -0.39 is 11.8 Å². The molecule has 0 aliphatic carbocycles. The molecule has 1 rings (SSSR count). The molecule has 0 spiro atoms. The van der Waals surface area contributed by atoms with E-state index in [1.807, 2.05) is 6.92 Å². The van der Waals surface area contributed by atoms with Crippen LogP contribution in [0.5, 0.6) is 0 Å². The fourth-order valence-electron chi connectivity index (χ4n) is 1.70. The van der Waals surface area contributed by atoms with Crippen molar-refractivity contribution in [2.24, 2.45) is 0 Å². The van der Waals surface area contributed by atoms with Gasteiger partial charge < -0.3 is 15.1 Å². The second kappa shape index (κ2) is 6.20. The number of para-hydroxylation sites is 1. The van der Waals surface area contributed by atoms with Crippen molar-refractivity contribution >= 4 is 11.7 Å². The van der Waals surface area contributed by atoms with Crippen LogP contribution in [0, 0.1) is 5.82 Å². The maximum atomic E-state index is 13.7. The van der Waals surface area contributed by atoms with Crippen LogP contribution in [0.3, 0.4) is 0 Å². The Kier molecular flexibility index (Phi) is 4.90. The molecule has 0 unspecified atom stereocenters. The minimum absolute atomic E-state index is 0.00659. The molecule has 0 aliphatic heterocycles. The lowest BCUT2D eigenvalue weighted by Crippen LogP contribution is -2.27. The van der Waals surface area contributed by atoms with Crippen LogP contribution in [0.25, 0.3) is 0 Å². The molecule has 0 amide bonds. The third-order valence-corrected chi connectivity index (χ3v) is 2.50. The van der Waals surface area contributed by atoms with Gasteiger partial charge in [0.15, 0.2) is 0 Å². The Morgan fingerprint density at radius 1 is 1.47 bits per heavy atom. The molecular weight excluding hydrogens is 225 g/mol. The third-order valence-electron chi connectivity index (χ3n) is 2.50. The molecule has 0 aromatic heterocycles. The predicted octanol–water partition coefficient (Wildman–Crippen LogP) is 1.73. The zero-order valence-corrected chi connectivity index (χ0v) is 9.69. The fourth-order valence-corrected chi connectivity index (χ4v) is 1.70. The van der Waals surface area contributed by atoms with Crippen LogP contribution >= 0.6 is 0 Å². The second-order valence-corrected chi connectivity index (χ2v) is 3.60. The Bertz CT molecular complexity index is 395. The molecule has 1 aromatic rings. The number of anilines is 1. The van der Waals surface area contributed by atoms with Crippen LogP contribution in [-0.4, -0.2) is 35.9 Å². The van der Waals surface area contributed by atoms with Gasteiger partial charge in [0.1, 0.15) is 5.82 Å². The number of aromatic carboxylic acids is 1. The number of nitrogens with zero attached hydrogens (tertiary/aromatic N) is 1. The van der Waals surface area contributed by atoms with Crippen molar-refractivity contribution in [2.75, 3.05) is 24.6 Å². The molecule has 0 aliphatic rings. The highest BCUT2D eigenvalue weighted by Crippen LogP contribution is 2.24. The summed E-state index contributed by atoms with van der Waals surface area (Å²) in [5, 5.41) is 17.8. The van der Waals surface area contributed by atoms with Crippen LogP contribution in [0.4, 0.5) is 10.1 Å². The molecule has 94 valence electrons. The van der Waals surface area contributed by atoms with Crippen molar-refractivity contribution in [1.82, 2.24) is 0 Å². The van der Waals surface area contributed by atoms with Gasteiger partial charge in [-0.3, -0.25) is 0 Å². The maximum absolute atomic E-state index is 13.7. The van der Waals surface area contributed by atoms with Gasteiger partial charge in [0.2, 0.25) is 0 Å². The Labute approximate surface area is 99.3 Å². The Morgan fingerprint density at radius 2 is 2.18 bits per heavy atom. The van der Waals surface area contributed by atoms with E-state index in [2.05, 4.69) is 0 Å². The molecule has 0 radical (unpaired) electrons. The third kappa shape index (κ3) is 3.17. The first-order valence-electron chi connectivity index (χ1n) is 5.49. The molecular formula is C12H16FNO3. The minimum Gasteiger partial charge on any atom is -0.478 e. The standard InChI is InChI=1S/C12H16FNO3/c1-2-14(7-4-8-15)11-9(12(16)17)5-3-6-10(11)13/h3,5-6,15H,2,4,7-8H2,1H3,(H,16,17). The lowest BCUT2D eigenvalue weighted by molar-refractivity contribution is 0.0697. The Balaban J connectivity index is 3.11. The van der Waals surface area contributed by atoms with Crippen LogP contribution in [0.1, 0.15) is 23.7 Å². The van der Waals surface area contributed by atoms with Crippen LogP contribution in [0.15, 0.2) is 18.2 Å². The van der Waals surface area contributed by atoms with Gasteiger partial charge >= 0.3 is 5.97 Å². The summed E-state index contributed by atoms with van der Waals surface area (Å²) >= 11 is 0. The van der Waals surface area contributed by atoms with Gasteiger partial charge in [-0.2, -0.15) is 0 Å². The maximum Gasteiger partial charge on any atom is 0.337 e. The first-order valence-corrected chi connectivity index (χ1v) is 5.49. The lowest BCUT2D eigenvalue weighted by Gasteiger charge is -2.24. The summed E-state index contributed by atoms with van der Waals surface area (Å²) in [5.41, 5.74) is 0.0424. The van der Waals surface area contributed by atoms with Crippen molar-refractivity contribution in [3.63, 3.8) is 0 Å². The highest BCUT2D eigenvalue weighted by molar-refractivity contribution is 5.94. The van der Waals surface area contributed by atoms with Gasteiger partial charge in [0.05, 0.1) is 11.3 Å². The van der Waals surface area contributed by atoms with E-state index in [0.717, 1.165) is 0 Å². The van der Waals surface area contributed by atoms with Gasteiger partial charge in [-0.15, -0.1) is 0 Å². The number of aliphatic hydroxyl groups excluding tert-OH is 1. The monoisotopic (exact) mass is 241 g/mol. The number of halogens is 1. The number of carboxylic acids is 1. The molecule has 0 atom stereocenters. The van der Waals surface area contributed by atoms with E-state index in [4.69, 9.17) is 10.2 Å². The fraction of sp³-hybridized carbons (Fsp3) is 0.417. The topological polar surface area (TPSA) is 60.8 Å². The molecule has 2 N–H and O–H groups in total. The summed E-state index contributed by atoms with van der Waals surface area (Å²) in [4.78, 5) is 12.6. The highest BCUT2D eigenvalue weighted by atomic mass is 19.1. The van der Waals surface area contributed by atoms with Gasteiger partial charge in [-0.25, -0.2) is 9.18 Å². The Hall–Kier alpha value is -1.62. The number of hydrogen-bond donors (Lipinski definition) is 2. The lowest BCUT2D eigenvalue weighted by atomic mass is 10.1. The first-order chi connectivity index (χ1) is 8.11. The summed E-state index contributed by atoms with van der Waals surface area (Å²) < 4.78 is 13.7. The minimum atomic E-state index is -1.15. The van der Waals surface area contributed by atoms with Gasteiger partial charge in [-0.1, -0.05) is 6.07 Å². The smallest absolute Gasteiger partial charge is 0.337 e. The van der Waals surface area contributed by atoms with Gasteiger partial charge in [-0.05, 0) is 25.5 Å². The van der Waals surface area contributed by atoms with Gasteiger partial charge in [0.25, 0.3) is 0 Å². The molecule has 5 heteroatoms. The summed E-state index contributed by atoms with van der Waals surface area (Å²) in [7, 11) is 0. The summed E-state index contributed by atoms with van der Waals surface area (Å²) in [6, 6.07) is 3.99. The average molecular weight is 241 g/mol. The zero-order chi connectivity index (χ0) is 12.8. The predicted molar refractivity (Wildman–Crippen MR) is 62.9 cm³/mol. The summed E-state index contributed by atoms with van der Waals surface area (Å²) in [6.45, 7) is 2.72. The average Bonchev–Trinajstić information content (AvgIpc) is 2.31. The molecule has 0 fully saturated rings. The van der Waals surface area contributed by atoms with Crippen LogP contribution in [-0.2, 0) is 0 Å². The largest absolute Gasteiger partial charge is 0.478 e. The normalized spacial score (nSPS) is 10.3. The van der Waals surface area contributed by atoms with E-state index in [1.165, 1.54) is 18.2 Å². The van der Waals surface area contributed by atoms with Gasteiger partial charge in [0, 0.05) is 19.7 Å². The highest BCUT2D eigenvalue weighted by Gasteiger charge is 2.18. The molecule has 1 aromatic carbocycles. The first kappa shape index (κ1) is 13.4. The van der Waals surface area contributed by atoms with Crippen molar-refractivity contribution in [1.29, 1.82) is 0 Å². The molecule has 0 bridgehead atoms. The zero-order valence-electron chi connectivity index (χ0n) is 9.69. The van der Waals surface area contributed by atoms with Crippen LogP contribution < -0.4 is 4.90 Å². The quantitative estimate of drug-likeness (QED) is 0.796. The molecule has 4 nitrogen and oxygen atoms in total. The Morgan fingerprint density at radius 3 is 2.71 bits per heavy atom. The van der Waals surface area contributed by atoms with Crippen molar-refractivity contribution in [2.45, 2.75) is 13.3 Å². The van der Waals surface area contributed by atoms with Crippen LogP contribution in [0.2, 0.25) is 0 Å². The van der Waals surface area contributed by atoms with Crippen molar-refractivity contribution in [3.8, 4) is 0 Å². The van der Waals surface area contributed by atoms with E-state index >= 15 is 0 Å².